The van der Waals surface area contributed by atoms with Crippen LogP contribution in [0.4, 0.5) is 0 Å². The maximum atomic E-state index is 14.0. The summed E-state index contributed by atoms with van der Waals surface area (Å²) in [6, 6.07) is 25.4. The summed E-state index contributed by atoms with van der Waals surface area (Å²) in [5, 5.41) is 12.3. The first-order valence-corrected chi connectivity index (χ1v) is 9.47. The van der Waals surface area contributed by atoms with Gasteiger partial charge in [0.05, 0.1) is 7.11 Å². The van der Waals surface area contributed by atoms with Gasteiger partial charge in [-0.1, -0.05) is 72.8 Å². The molecule has 0 saturated carbocycles. The van der Waals surface area contributed by atoms with Crippen LogP contribution in [0, 0.1) is 0 Å². The van der Waals surface area contributed by atoms with E-state index in [4.69, 9.17) is 4.74 Å². The zero-order chi connectivity index (χ0) is 17.0. The highest BCUT2D eigenvalue weighted by atomic mass is 31.2. The lowest BCUT2D eigenvalue weighted by Crippen LogP contribution is -2.21. The lowest BCUT2D eigenvalue weighted by Gasteiger charge is -2.25. The summed E-state index contributed by atoms with van der Waals surface area (Å²) in [6.07, 6.45) is 0. The molecule has 0 aliphatic carbocycles. The molecule has 3 nitrogen and oxygen atoms in total. The van der Waals surface area contributed by atoms with Crippen molar-refractivity contribution < 1.29 is 14.4 Å². The Balaban J connectivity index is 2.12. The average molecular weight is 338 g/mol. The summed E-state index contributed by atoms with van der Waals surface area (Å²) in [7, 11) is -1.66. The second-order valence-corrected chi connectivity index (χ2v) is 8.31. The fourth-order valence-electron chi connectivity index (χ4n) is 2.72. The van der Waals surface area contributed by atoms with Gasteiger partial charge in [-0.3, -0.25) is 0 Å². The van der Waals surface area contributed by atoms with Crippen LogP contribution < -0.4 is 15.3 Å². The Kier molecular flexibility index (Phi) is 4.84. The molecule has 0 saturated heterocycles. The van der Waals surface area contributed by atoms with Gasteiger partial charge < -0.3 is 14.4 Å². The smallest absolute Gasteiger partial charge is 0.174 e. The first-order valence-electron chi connectivity index (χ1n) is 7.69. The van der Waals surface area contributed by atoms with E-state index in [1.165, 1.54) is 0 Å². The van der Waals surface area contributed by atoms with Crippen molar-refractivity contribution in [1.82, 2.24) is 0 Å². The van der Waals surface area contributed by atoms with Crippen LogP contribution >= 0.6 is 7.14 Å². The molecule has 0 aliphatic heterocycles. The van der Waals surface area contributed by atoms with Crippen LogP contribution in [0.15, 0.2) is 84.9 Å². The maximum absolute atomic E-state index is 14.0. The van der Waals surface area contributed by atoms with Crippen molar-refractivity contribution in [2.24, 2.45) is 0 Å². The van der Waals surface area contributed by atoms with Crippen molar-refractivity contribution in [1.29, 1.82) is 0 Å². The molecule has 0 amide bonds. The Morgan fingerprint density at radius 3 is 1.67 bits per heavy atom. The zero-order valence-electron chi connectivity index (χ0n) is 13.4. The van der Waals surface area contributed by atoms with Crippen molar-refractivity contribution in [2.45, 2.75) is 5.85 Å². The number of hydrogen-bond acceptors (Lipinski definition) is 3. The lowest BCUT2D eigenvalue weighted by molar-refractivity contribution is 0.256. The van der Waals surface area contributed by atoms with E-state index in [1.54, 1.807) is 55.6 Å². The Morgan fingerprint density at radius 2 is 1.25 bits per heavy atom. The van der Waals surface area contributed by atoms with Crippen LogP contribution in [0.25, 0.3) is 0 Å². The topological polar surface area (TPSA) is 46.5 Å². The minimum Gasteiger partial charge on any atom is -0.497 e. The number of hydrogen-bond donors (Lipinski definition) is 1. The molecular formula is C20H19O3P. The van der Waals surface area contributed by atoms with Gasteiger partial charge in [-0.05, 0) is 17.7 Å². The van der Waals surface area contributed by atoms with Crippen molar-refractivity contribution in [3.05, 3.63) is 90.5 Å². The third kappa shape index (κ3) is 3.01. The van der Waals surface area contributed by atoms with Gasteiger partial charge in [0.2, 0.25) is 0 Å². The van der Waals surface area contributed by atoms with Gasteiger partial charge >= 0.3 is 0 Å². The molecule has 3 aromatic rings. The van der Waals surface area contributed by atoms with E-state index in [0.29, 0.717) is 21.9 Å². The Morgan fingerprint density at radius 1 is 0.792 bits per heavy atom. The quantitative estimate of drug-likeness (QED) is 0.722. The molecule has 0 spiro atoms. The largest absolute Gasteiger partial charge is 0.497 e. The predicted octanol–water partition coefficient (Wildman–Crippen LogP) is 3.70. The highest BCUT2D eigenvalue weighted by Crippen LogP contribution is 2.55. The van der Waals surface area contributed by atoms with E-state index in [1.807, 2.05) is 36.4 Å². The van der Waals surface area contributed by atoms with Gasteiger partial charge in [-0.2, -0.15) is 0 Å². The average Bonchev–Trinajstić information content (AvgIpc) is 2.68. The summed E-state index contributed by atoms with van der Waals surface area (Å²) in [5.74, 6) is -0.423. The van der Waals surface area contributed by atoms with Gasteiger partial charge in [0.15, 0.2) is 7.14 Å². The number of methoxy groups -OCH3 is 1. The van der Waals surface area contributed by atoms with Crippen LogP contribution in [0.5, 0.6) is 5.75 Å². The van der Waals surface area contributed by atoms with Gasteiger partial charge in [0.1, 0.15) is 11.6 Å². The fourth-order valence-corrected chi connectivity index (χ4v) is 5.40. The number of benzene rings is 3. The molecule has 1 unspecified atom stereocenters. The van der Waals surface area contributed by atoms with E-state index in [0.717, 1.165) is 0 Å². The van der Waals surface area contributed by atoms with Crippen LogP contribution in [0.2, 0.25) is 0 Å². The molecule has 0 aliphatic rings. The highest BCUT2D eigenvalue weighted by Gasteiger charge is 2.36. The summed E-state index contributed by atoms with van der Waals surface area (Å²) in [4.78, 5) is 0. The SMILES string of the molecule is COc1ccc(C(O)P(=O)(c2ccccc2)c2ccccc2)cc1. The normalized spacial score (nSPS) is 12.6. The lowest BCUT2D eigenvalue weighted by atomic mass is 10.2. The molecule has 3 rings (SSSR count). The Labute approximate surface area is 141 Å². The third-order valence-corrected chi connectivity index (χ3v) is 7.16. The van der Waals surface area contributed by atoms with Crippen LogP contribution in [-0.2, 0) is 4.57 Å². The highest BCUT2D eigenvalue weighted by molar-refractivity contribution is 7.78. The minimum absolute atomic E-state index is 0.604. The Hall–Kier alpha value is -2.35. The van der Waals surface area contributed by atoms with Crippen LogP contribution in [0.3, 0.4) is 0 Å². The molecular weight excluding hydrogens is 319 g/mol. The zero-order valence-corrected chi connectivity index (χ0v) is 14.3. The van der Waals surface area contributed by atoms with Crippen LogP contribution in [0.1, 0.15) is 11.4 Å². The molecule has 0 radical (unpaired) electrons. The molecule has 122 valence electrons. The standard InChI is InChI=1S/C20H19O3P/c1-23-17-14-12-16(13-15-17)20(21)24(22,18-8-4-2-5-9-18)19-10-6-3-7-11-19/h2-15,20-21H,1H3. The second kappa shape index (κ2) is 7.04. The van der Waals surface area contributed by atoms with Crippen molar-refractivity contribution in [3.8, 4) is 5.75 Å². The summed E-state index contributed by atoms with van der Waals surface area (Å²) in [5.41, 5.74) is 0.604. The first kappa shape index (κ1) is 16.5. The van der Waals surface area contributed by atoms with Crippen molar-refractivity contribution in [3.63, 3.8) is 0 Å². The van der Waals surface area contributed by atoms with Crippen molar-refractivity contribution >= 4 is 17.8 Å². The summed E-state index contributed by atoms with van der Waals surface area (Å²) in [6.45, 7) is 0. The van der Waals surface area contributed by atoms with Crippen LogP contribution in [-0.4, -0.2) is 12.2 Å². The minimum atomic E-state index is -3.25. The van der Waals surface area contributed by atoms with Gasteiger partial charge in [-0.15, -0.1) is 0 Å². The van der Waals surface area contributed by atoms with Gasteiger partial charge in [0.25, 0.3) is 0 Å². The first-order chi connectivity index (χ1) is 11.7. The van der Waals surface area contributed by atoms with Gasteiger partial charge in [-0.25, -0.2) is 0 Å². The molecule has 0 bridgehead atoms. The van der Waals surface area contributed by atoms with E-state index in [2.05, 4.69) is 0 Å². The molecule has 0 aromatic heterocycles. The number of ether oxygens (including phenoxy) is 1. The fraction of sp³-hybridized carbons (Fsp3) is 0.100. The van der Waals surface area contributed by atoms with E-state index in [-0.39, 0.29) is 0 Å². The van der Waals surface area contributed by atoms with Gasteiger partial charge in [0, 0.05) is 10.6 Å². The number of aliphatic hydroxyl groups excluding tert-OH is 1. The summed E-state index contributed by atoms with van der Waals surface area (Å²) < 4.78 is 19.1. The molecule has 1 N–H and O–H groups in total. The predicted molar refractivity (Wildman–Crippen MR) is 97.7 cm³/mol. The van der Waals surface area contributed by atoms with Crippen molar-refractivity contribution in [2.75, 3.05) is 7.11 Å². The Bertz CT molecular complexity index is 786. The monoisotopic (exact) mass is 338 g/mol. The molecule has 24 heavy (non-hydrogen) atoms. The van der Waals surface area contributed by atoms with E-state index in [9.17, 15) is 9.67 Å². The second-order valence-electron chi connectivity index (χ2n) is 5.48. The number of rotatable bonds is 5. The molecule has 0 heterocycles. The van der Waals surface area contributed by atoms with E-state index >= 15 is 0 Å². The maximum Gasteiger partial charge on any atom is 0.174 e. The third-order valence-electron chi connectivity index (χ3n) is 4.04. The molecule has 4 heteroatoms. The van der Waals surface area contributed by atoms with E-state index < -0.39 is 13.0 Å². The molecule has 3 aromatic carbocycles. The molecule has 0 fully saturated rings. The number of aliphatic hydroxyl groups is 1. The summed E-state index contributed by atoms with van der Waals surface area (Å²) >= 11 is 0. The molecule has 1 atom stereocenters.